The molecular weight excluding hydrogens is 532 g/mol. The Morgan fingerprint density at radius 3 is 2.40 bits per heavy atom. The number of anilines is 1. The largest absolute Gasteiger partial charge is 0.503 e. The molecule has 6 rings (SSSR count). The number of hydrogen-bond donors (Lipinski definition) is 1. The summed E-state index contributed by atoms with van der Waals surface area (Å²) in [5.74, 6) is -1.07. The van der Waals surface area contributed by atoms with E-state index in [1.807, 2.05) is 37.3 Å². The Kier molecular flexibility index (Phi) is 6.19. The fourth-order valence-electron chi connectivity index (χ4n) is 4.96. The van der Waals surface area contributed by atoms with Crippen molar-refractivity contribution in [2.45, 2.75) is 13.0 Å². The lowest BCUT2D eigenvalue weighted by molar-refractivity contribution is -0.117. The molecule has 0 radical (unpaired) electrons. The van der Waals surface area contributed by atoms with Gasteiger partial charge < -0.3 is 23.7 Å². The lowest BCUT2D eigenvalue weighted by Gasteiger charge is -2.25. The number of ether oxygens (including phenoxy) is 3. The molecule has 40 heavy (non-hydrogen) atoms. The van der Waals surface area contributed by atoms with Crippen molar-refractivity contribution >= 4 is 49.3 Å². The fourth-order valence-corrected chi connectivity index (χ4v) is 6.05. The Balaban J connectivity index is 1.56. The number of para-hydroxylation sites is 1. The van der Waals surface area contributed by atoms with Gasteiger partial charge >= 0.3 is 0 Å². The summed E-state index contributed by atoms with van der Waals surface area (Å²) in [4.78, 5) is 33.7. The fraction of sp³-hybridized carbons (Fsp3) is 0.167. The van der Waals surface area contributed by atoms with E-state index < -0.39 is 23.5 Å². The van der Waals surface area contributed by atoms with Crippen LogP contribution in [0.5, 0.6) is 17.2 Å². The maximum absolute atomic E-state index is 14.0. The molecule has 1 aliphatic rings. The summed E-state index contributed by atoms with van der Waals surface area (Å²) in [7, 11) is 4.43. The number of carbonyl (C=O) groups excluding carboxylic acids is 2. The number of ketones is 1. The van der Waals surface area contributed by atoms with Crippen LogP contribution in [0, 0.1) is 6.92 Å². The van der Waals surface area contributed by atoms with E-state index in [1.165, 1.54) is 37.6 Å². The second kappa shape index (κ2) is 9.73. The minimum absolute atomic E-state index is 0.00485. The number of fused-ring (bicyclic) bond motifs is 2. The summed E-state index contributed by atoms with van der Waals surface area (Å²) in [5, 5.41) is 12.3. The molecule has 0 saturated carbocycles. The van der Waals surface area contributed by atoms with Crippen LogP contribution in [0.3, 0.4) is 0 Å². The first-order valence-corrected chi connectivity index (χ1v) is 13.1. The van der Waals surface area contributed by atoms with Crippen LogP contribution < -0.4 is 19.1 Å². The van der Waals surface area contributed by atoms with Gasteiger partial charge in [0.15, 0.2) is 28.1 Å². The van der Waals surface area contributed by atoms with Crippen LogP contribution in [0.1, 0.15) is 27.7 Å². The van der Waals surface area contributed by atoms with Gasteiger partial charge in [-0.15, -0.1) is 0 Å². The van der Waals surface area contributed by atoms with E-state index in [-0.39, 0.29) is 11.3 Å². The number of amides is 1. The van der Waals surface area contributed by atoms with Crippen LogP contribution in [-0.2, 0) is 4.79 Å². The van der Waals surface area contributed by atoms with Crippen molar-refractivity contribution in [3.63, 3.8) is 0 Å². The molecule has 5 aromatic rings. The zero-order chi connectivity index (χ0) is 28.1. The second-order valence-electron chi connectivity index (χ2n) is 9.24. The number of aryl methyl sites for hydroxylation is 1. The second-order valence-corrected chi connectivity index (χ2v) is 10.3. The van der Waals surface area contributed by atoms with E-state index >= 15 is 0 Å². The van der Waals surface area contributed by atoms with Gasteiger partial charge in [0.1, 0.15) is 5.58 Å². The molecule has 1 aliphatic heterocycles. The molecular formula is C30H24N2O7S. The van der Waals surface area contributed by atoms with Gasteiger partial charge in [-0.05, 0) is 54.4 Å². The summed E-state index contributed by atoms with van der Waals surface area (Å²) >= 11 is 1.29. The molecule has 0 fully saturated rings. The number of aliphatic hydroxyl groups is 1. The zero-order valence-corrected chi connectivity index (χ0v) is 22.9. The molecule has 9 nitrogen and oxygen atoms in total. The zero-order valence-electron chi connectivity index (χ0n) is 22.1. The van der Waals surface area contributed by atoms with Crippen molar-refractivity contribution < 1.29 is 33.3 Å². The third kappa shape index (κ3) is 3.95. The van der Waals surface area contributed by atoms with Gasteiger partial charge in [-0.2, -0.15) is 0 Å². The molecule has 0 spiro atoms. The summed E-state index contributed by atoms with van der Waals surface area (Å²) in [6.07, 6.45) is 0. The van der Waals surface area contributed by atoms with Crippen LogP contribution in [0.15, 0.2) is 76.4 Å². The SMILES string of the molecule is COc1cc(C2C(C(=O)c3cc4ccccc4o3)=C(O)C(=O)N2c2nc3ccc(C)cc3s2)cc(OC)c1OC. The number of nitrogens with zero attached hydrogens (tertiary/aromatic N) is 2. The molecule has 1 atom stereocenters. The van der Waals surface area contributed by atoms with Gasteiger partial charge in [-0.3, -0.25) is 14.5 Å². The number of carbonyl (C=O) groups is 2. The first kappa shape index (κ1) is 25.4. The first-order valence-electron chi connectivity index (χ1n) is 12.3. The summed E-state index contributed by atoms with van der Waals surface area (Å²) in [6, 6.07) is 16.8. The number of methoxy groups -OCH3 is 3. The number of rotatable bonds is 7. The lowest BCUT2D eigenvalue weighted by atomic mass is 9.94. The molecule has 3 heterocycles. The average molecular weight is 557 g/mol. The molecule has 1 N–H and O–H groups in total. The number of Topliss-reactive ketones (excluding diaryl/α,β-unsaturated/α-hetero) is 1. The minimum atomic E-state index is -1.07. The number of benzene rings is 3. The van der Waals surface area contributed by atoms with Crippen LogP contribution in [-0.4, -0.2) is 43.1 Å². The van der Waals surface area contributed by atoms with E-state index in [4.69, 9.17) is 18.6 Å². The van der Waals surface area contributed by atoms with Gasteiger partial charge in [0.05, 0.1) is 43.2 Å². The van der Waals surface area contributed by atoms with Crippen molar-refractivity contribution in [2.24, 2.45) is 0 Å². The smallest absolute Gasteiger partial charge is 0.296 e. The van der Waals surface area contributed by atoms with Gasteiger partial charge in [0, 0.05) is 5.39 Å². The van der Waals surface area contributed by atoms with Gasteiger partial charge in [-0.25, -0.2) is 4.98 Å². The molecule has 10 heteroatoms. The first-order chi connectivity index (χ1) is 19.3. The van der Waals surface area contributed by atoms with E-state index in [1.54, 1.807) is 30.3 Å². The maximum atomic E-state index is 14.0. The molecule has 2 aromatic heterocycles. The summed E-state index contributed by atoms with van der Waals surface area (Å²) < 4.78 is 23.3. The van der Waals surface area contributed by atoms with Crippen LogP contribution in [0.4, 0.5) is 5.13 Å². The molecule has 1 unspecified atom stereocenters. The standard InChI is InChI=1S/C30H24N2O7S/c1-15-9-10-18-23(11-15)40-30(31-18)32-25(17-13-21(36-2)28(38-4)22(14-17)37-3)24(27(34)29(32)35)26(33)20-12-16-7-5-6-8-19(16)39-20/h5-14,25,34H,1-4H3. The van der Waals surface area contributed by atoms with Crippen molar-refractivity contribution in [1.29, 1.82) is 0 Å². The number of aromatic nitrogens is 1. The number of aliphatic hydroxyl groups excluding tert-OH is 1. The quantitative estimate of drug-likeness (QED) is 0.237. The average Bonchev–Trinajstić information content (AvgIpc) is 3.65. The normalized spacial score (nSPS) is 15.3. The highest BCUT2D eigenvalue weighted by molar-refractivity contribution is 7.22. The Hall–Kier alpha value is -4.83. The third-order valence-electron chi connectivity index (χ3n) is 6.84. The Labute approximate surface area is 232 Å². The number of thiazole rings is 1. The lowest BCUT2D eigenvalue weighted by Crippen LogP contribution is -2.31. The van der Waals surface area contributed by atoms with Gasteiger partial charge in [-0.1, -0.05) is 35.6 Å². The number of hydrogen-bond acceptors (Lipinski definition) is 9. The summed E-state index contributed by atoms with van der Waals surface area (Å²) in [6.45, 7) is 1.97. The van der Waals surface area contributed by atoms with Crippen molar-refractivity contribution in [2.75, 3.05) is 26.2 Å². The Morgan fingerprint density at radius 1 is 1.00 bits per heavy atom. The molecule has 0 bridgehead atoms. The van der Waals surface area contributed by atoms with E-state index in [0.29, 0.717) is 39.0 Å². The predicted molar refractivity (Wildman–Crippen MR) is 151 cm³/mol. The third-order valence-corrected chi connectivity index (χ3v) is 7.86. The maximum Gasteiger partial charge on any atom is 0.296 e. The molecule has 1 amide bonds. The predicted octanol–water partition coefficient (Wildman–Crippen LogP) is 6.16. The van der Waals surface area contributed by atoms with Crippen molar-refractivity contribution in [3.05, 3.63) is 88.9 Å². The van der Waals surface area contributed by atoms with E-state index in [9.17, 15) is 14.7 Å². The van der Waals surface area contributed by atoms with Crippen molar-refractivity contribution in [1.82, 2.24) is 4.98 Å². The van der Waals surface area contributed by atoms with Crippen LogP contribution >= 0.6 is 11.3 Å². The number of furan rings is 1. The molecule has 3 aromatic carbocycles. The van der Waals surface area contributed by atoms with Crippen LogP contribution in [0.25, 0.3) is 21.2 Å². The summed E-state index contributed by atoms with van der Waals surface area (Å²) in [5.41, 5.74) is 2.55. The van der Waals surface area contributed by atoms with Gasteiger partial charge in [0.2, 0.25) is 11.5 Å². The monoisotopic (exact) mass is 556 g/mol. The van der Waals surface area contributed by atoms with Crippen molar-refractivity contribution in [3.8, 4) is 17.2 Å². The highest BCUT2D eigenvalue weighted by Crippen LogP contribution is 2.48. The molecule has 202 valence electrons. The highest BCUT2D eigenvalue weighted by Gasteiger charge is 2.47. The minimum Gasteiger partial charge on any atom is -0.503 e. The molecule has 0 aliphatic carbocycles. The van der Waals surface area contributed by atoms with Crippen LogP contribution in [0.2, 0.25) is 0 Å². The topological polar surface area (TPSA) is 111 Å². The Bertz CT molecular complexity index is 1790. The molecule has 0 saturated heterocycles. The highest BCUT2D eigenvalue weighted by atomic mass is 32.1. The Morgan fingerprint density at radius 2 is 1.73 bits per heavy atom. The van der Waals surface area contributed by atoms with E-state index in [0.717, 1.165) is 15.6 Å². The van der Waals surface area contributed by atoms with Gasteiger partial charge in [0.25, 0.3) is 5.91 Å². The van der Waals surface area contributed by atoms with E-state index in [2.05, 4.69) is 4.98 Å².